The Balaban J connectivity index is 1.36. The largest absolute Gasteiger partial charge is 0.493 e. The molecule has 0 saturated heterocycles. The van der Waals surface area contributed by atoms with Gasteiger partial charge in [-0.2, -0.15) is 0 Å². The summed E-state index contributed by atoms with van der Waals surface area (Å²) >= 11 is 0. The standard InChI is InChI=1S/C24H18N4O/c1-2-6-22-17(4-1)7-8-19(28-22)11-13-29-20-9-10-23-21(14-20)24(27-16-26-23)18-5-3-12-25-15-18/h1-10,12,14-16H,11,13H2. The van der Waals surface area contributed by atoms with Crippen LogP contribution in [-0.4, -0.2) is 26.5 Å². The molecule has 0 aliphatic heterocycles. The predicted molar refractivity (Wildman–Crippen MR) is 114 cm³/mol. The van der Waals surface area contributed by atoms with Gasteiger partial charge in [0.2, 0.25) is 0 Å². The van der Waals surface area contributed by atoms with Gasteiger partial charge in [0, 0.05) is 40.8 Å². The molecular weight excluding hydrogens is 360 g/mol. The second-order valence-electron chi connectivity index (χ2n) is 6.74. The lowest BCUT2D eigenvalue weighted by Gasteiger charge is -2.09. The molecule has 0 atom stereocenters. The molecule has 29 heavy (non-hydrogen) atoms. The third-order valence-corrected chi connectivity index (χ3v) is 4.82. The molecule has 5 aromatic rings. The Hall–Kier alpha value is -3.86. The molecule has 0 aliphatic rings. The normalized spacial score (nSPS) is 11.0. The van der Waals surface area contributed by atoms with Gasteiger partial charge in [-0.25, -0.2) is 9.97 Å². The fourth-order valence-electron chi connectivity index (χ4n) is 3.38. The molecule has 3 heterocycles. The topological polar surface area (TPSA) is 60.8 Å². The molecule has 3 aromatic heterocycles. The van der Waals surface area contributed by atoms with Crippen LogP contribution < -0.4 is 4.74 Å². The summed E-state index contributed by atoms with van der Waals surface area (Å²) < 4.78 is 6.01. The molecule has 0 aliphatic carbocycles. The van der Waals surface area contributed by atoms with Crippen LogP contribution >= 0.6 is 0 Å². The van der Waals surface area contributed by atoms with E-state index in [0.717, 1.165) is 50.9 Å². The fourth-order valence-corrected chi connectivity index (χ4v) is 3.38. The van der Waals surface area contributed by atoms with Gasteiger partial charge in [0.25, 0.3) is 0 Å². The van der Waals surface area contributed by atoms with Gasteiger partial charge in [0.1, 0.15) is 12.1 Å². The number of pyridine rings is 2. The summed E-state index contributed by atoms with van der Waals surface area (Å²) in [7, 11) is 0. The van der Waals surface area contributed by atoms with Crippen molar-refractivity contribution in [3.63, 3.8) is 0 Å². The monoisotopic (exact) mass is 378 g/mol. The molecule has 2 aromatic carbocycles. The molecule has 0 bridgehead atoms. The Labute approximate surface area is 168 Å². The summed E-state index contributed by atoms with van der Waals surface area (Å²) in [6.07, 6.45) is 5.88. The first-order chi connectivity index (χ1) is 14.4. The number of hydrogen-bond acceptors (Lipinski definition) is 5. The van der Waals surface area contributed by atoms with Crippen molar-refractivity contribution in [3.8, 4) is 17.0 Å². The average molecular weight is 378 g/mol. The SMILES string of the molecule is c1cncc(-c2ncnc3ccc(OCCc4ccc5ccccc5n4)cc23)c1. The van der Waals surface area contributed by atoms with E-state index in [1.165, 1.54) is 0 Å². The van der Waals surface area contributed by atoms with Crippen LogP contribution in [0.3, 0.4) is 0 Å². The van der Waals surface area contributed by atoms with Gasteiger partial charge in [-0.3, -0.25) is 9.97 Å². The van der Waals surface area contributed by atoms with Gasteiger partial charge in [-0.1, -0.05) is 24.3 Å². The number of para-hydroxylation sites is 1. The van der Waals surface area contributed by atoms with Crippen LogP contribution in [0.4, 0.5) is 0 Å². The van der Waals surface area contributed by atoms with E-state index < -0.39 is 0 Å². The summed E-state index contributed by atoms with van der Waals surface area (Å²) in [5.74, 6) is 0.790. The summed E-state index contributed by atoms with van der Waals surface area (Å²) in [6, 6.07) is 22.1. The van der Waals surface area contributed by atoms with E-state index in [1.807, 2.05) is 48.5 Å². The molecule has 0 fully saturated rings. The summed E-state index contributed by atoms with van der Waals surface area (Å²) in [4.78, 5) is 17.7. The highest BCUT2D eigenvalue weighted by Gasteiger charge is 2.08. The minimum Gasteiger partial charge on any atom is -0.493 e. The zero-order valence-electron chi connectivity index (χ0n) is 15.7. The van der Waals surface area contributed by atoms with Crippen LogP contribution in [0.1, 0.15) is 5.69 Å². The third-order valence-electron chi connectivity index (χ3n) is 4.82. The first kappa shape index (κ1) is 17.3. The van der Waals surface area contributed by atoms with Crippen LogP contribution in [-0.2, 0) is 6.42 Å². The lowest BCUT2D eigenvalue weighted by molar-refractivity contribution is 0.321. The van der Waals surface area contributed by atoms with Crippen molar-refractivity contribution in [2.45, 2.75) is 6.42 Å². The van der Waals surface area contributed by atoms with Crippen molar-refractivity contribution in [1.29, 1.82) is 0 Å². The second-order valence-corrected chi connectivity index (χ2v) is 6.74. The quantitative estimate of drug-likeness (QED) is 0.437. The molecule has 5 rings (SSSR count). The number of ether oxygens (including phenoxy) is 1. The molecule has 0 radical (unpaired) electrons. The highest BCUT2D eigenvalue weighted by molar-refractivity contribution is 5.92. The van der Waals surface area contributed by atoms with Crippen molar-refractivity contribution < 1.29 is 4.74 Å². The number of hydrogen-bond donors (Lipinski definition) is 0. The van der Waals surface area contributed by atoms with Gasteiger partial charge in [-0.15, -0.1) is 0 Å². The minimum absolute atomic E-state index is 0.548. The first-order valence-electron chi connectivity index (χ1n) is 9.49. The second kappa shape index (κ2) is 7.64. The summed E-state index contributed by atoms with van der Waals surface area (Å²) in [6.45, 7) is 0.548. The highest BCUT2D eigenvalue weighted by Crippen LogP contribution is 2.28. The Morgan fingerprint density at radius 2 is 1.79 bits per heavy atom. The number of nitrogens with zero attached hydrogens (tertiary/aromatic N) is 4. The Kier molecular flexibility index (Phi) is 4.54. The lowest BCUT2D eigenvalue weighted by Crippen LogP contribution is -2.03. The van der Waals surface area contributed by atoms with E-state index >= 15 is 0 Å². The van der Waals surface area contributed by atoms with Gasteiger partial charge in [-0.05, 0) is 42.5 Å². The number of aromatic nitrogens is 4. The lowest BCUT2D eigenvalue weighted by atomic mass is 10.1. The van der Waals surface area contributed by atoms with E-state index in [9.17, 15) is 0 Å². The van der Waals surface area contributed by atoms with Crippen LogP contribution in [0, 0.1) is 0 Å². The molecule has 0 unspecified atom stereocenters. The zero-order chi connectivity index (χ0) is 19.5. The van der Waals surface area contributed by atoms with Crippen molar-refractivity contribution >= 4 is 21.8 Å². The maximum Gasteiger partial charge on any atom is 0.120 e. The summed E-state index contributed by atoms with van der Waals surface area (Å²) in [5, 5.41) is 2.09. The first-order valence-corrected chi connectivity index (χ1v) is 9.49. The van der Waals surface area contributed by atoms with E-state index in [2.05, 4.69) is 33.2 Å². The van der Waals surface area contributed by atoms with Crippen LogP contribution in [0.5, 0.6) is 5.75 Å². The average Bonchev–Trinajstić information content (AvgIpc) is 2.79. The Morgan fingerprint density at radius 1 is 0.828 bits per heavy atom. The van der Waals surface area contributed by atoms with Gasteiger partial charge >= 0.3 is 0 Å². The maximum absolute atomic E-state index is 6.01. The van der Waals surface area contributed by atoms with Gasteiger partial charge in [0.15, 0.2) is 0 Å². The van der Waals surface area contributed by atoms with Crippen molar-refractivity contribution in [3.05, 3.63) is 91.1 Å². The van der Waals surface area contributed by atoms with Gasteiger partial charge < -0.3 is 4.74 Å². The van der Waals surface area contributed by atoms with Crippen LogP contribution in [0.2, 0.25) is 0 Å². The minimum atomic E-state index is 0.548. The Morgan fingerprint density at radius 3 is 2.72 bits per heavy atom. The van der Waals surface area contributed by atoms with E-state index in [-0.39, 0.29) is 0 Å². The number of fused-ring (bicyclic) bond motifs is 2. The molecular formula is C24H18N4O. The molecule has 0 saturated carbocycles. The predicted octanol–water partition coefficient (Wildman–Crippen LogP) is 4.86. The molecule has 140 valence electrons. The van der Waals surface area contributed by atoms with E-state index in [1.54, 1.807) is 18.7 Å². The highest BCUT2D eigenvalue weighted by atomic mass is 16.5. The fraction of sp³-hybridized carbons (Fsp3) is 0.0833. The maximum atomic E-state index is 6.01. The molecule has 0 amide bonds. The molecule has 5 nitrogen and oxygen atoms in total. The summed E-state index contributed by atoms with van der Waals surface area (Å²) in [5.41, 5.74) is 4.71. The third kappa shape index (κ3) is 3.62. The van der Waals surface area contributed by atoms with Crippen LogP contribution in [0.15, 0.2) is 85.5 Å². The Bertz CT molecular complexity index is 1290. The van der Waals surface area contributed by atoms with Crippen LogP contribution in [0.25, 0.3) is 33.1 Å². The van der Waals surface area contributed by atoms with E-state index in [0.29, 0.717) is 6.61 Å². The molecule has 5 heteroatoms. The zero-order valence-corrected chi connectivity index (χ0v) is 15.7. The van der Waals surface area contributed by atoms with Crippen molar-refractivity contribution in [2.75, 3.05) is 6.61 Å². The van der Waals surface area contributed by atoms with E-state index in [4.69, 9.17) is 9.72 Å². The molecule has 0 spiro atoms. The van der Waals surface area contributed by atoms with Crippen molar-refractivity contribution in [2.24, 2.45) is 0 Å². The number of benzene rings is 2. The van der Waals surface area contributed by atoms with Gasteiger partial charge in [0.05, 0.1) is 23.3 Å². The van der Waals surface area contributed by atoms with Crippen molar-refractivity contribution in [1.82, 2.24) is 19.9 Å². The smallest absolute Gasteiger partial charge is 0.120 e. The molecule has 0 N–H and O–H groups in total. The number of rotatable bonds is 5.